The monoisotopic (exact) mass is 340 g/mol. The Morgan fingerprint density at radius 3 is 2.71 bits per heavy atom. The number of fused-ring (bicyclic) bond motifs is 1. The largest absolute Gasteiger partial charge is 0.323 e. The van der Waals surface area contributed by atoms with E-state index in [0.717, 1.165) is 16.3 Å². The lowest BCUT2D eigenvalue weighted by Crippen LogP contribution is -2.15. The highest BCUT2D eigenvalue weighted by Gasteiger charge is 2.09. The maximum atomic E-state index is 12.2. The Labute approximate surface area is 131 Å². The minimum atomic E-state index is -0.0555. The van der Waals surface area contributed by atoms with Crippen LogP contribution in [-0.2, 0) is 11.2 Å². The lowest BCUT2D eigenvalue weighted by atomic mass is 10.0. The van der Waals surface area contributed by atoms with Crippen molar-refractivity contribution in [3.05, 3.63) is 71.0 Å². The number of amides is 1. The molecule has 1 aromatic heterocycles. The van der Waals surface area contributed by atoms with E-state index < -0.39 is 0 Å². The molecule has 1 heterocycles. The predicted octanol–water partition coefficient (Wildman–Crippen LogP) is 4.18. The van der Waals surface area contributed by atoms with Crippen molar-refractivity contribution in [2.45, 2.75) is 6.42 Å². The summed E-state index contributed by atoms with van der Waals surface area (Å²) in [6.07, 6.45) is 2.01. The first-order valence-corrected chi connectivity index (χ1v) is 7.40. The Balaban J connectivity index is 1.82. The molecule has 0 radical (unpaired) electrons. The highest BCUT2D eigenvalue weighted by Crippen LogP contribution is 2.21. The molecule has 0 aliphatic heterocycles. The Hall–Kier alpha value is -2.20. The zero-order valence-corrected chi connectivity index (χ0v) is 12.8. The molecule has 4 heteroatoms. The number of carbonyl (C=O) groups excluding carboxylic acids is 1. The van der Waals surface area contributed by atoms with E-state index in [4.69, 9.17) is 0 Å². The van der Waals surface area contributed by atoms with E-state index in [0.29, 0.717) is 16.7 Å². The van der Waals surface area contributed by atoms with Crippen molar-refractivity contribution in [3.8, 4) is 0 Å². The molecular weight excluding hydrogens is 328 g/mol. The van der Waals surface area contributed by atoms with Crippen molar-refractivity contribution >= 4 is 38.3 Å². The van der Waals surface area contributed by atoms with Gasteiger partial charge in [0.05, 0.1) is 12.1 Å². The number of hydrogen-bond acceptors (Lipinski definition) is 2. The van der Waals surface area contributed by atoms with Crippen molar-refractivity contribution in [2.24, 2.45) is 0 Å². The van der Waals surface area contributed by atoms with Gasteiger partial charge in [-0.15, -0.1) is 0 Å². The number of nitrogens with one attached hydrogen (secondary N) is 1. The molecule has 3 aromatic rings. The molecule has 1 amide bonds. The molecular formula is C17H13BrN2O. The number of carbonyl (C=O) groups is 1. The molecule has 0 saturated heterocycles. The van der Waals surface area contributed by atoms with Gasteiger partial charge in [-0.1, -0.05) is 42.5 Å². The Morgan fingerprint density at radius 1 is 1.05 bits per heavy atom. The van der Waals surface area contributed by atoms with Crippen molar-refractivity contribution in [3.63, 3.8) is 0 Å². The van der Waals surface area contributed by atoms with Crippen LogP contribution < -0.4 is 5.32 Å². The maximum Gasteiger partial charge on any atom is 0.228 e. The SMILES string of the molecule is O=C(Cc1cccc2ccccc12)Nc1cccnc1Br. The molecule has 0 saturated carbocycles. The summed E-state index contributed by atoms with van der Waals surface area (Å²) in [5.41, 5.74) is 1.70. The molecule has 0 bridgehead atoms. The van der Waals surface area contributed by atoms with Crippen LogP contribution in [-0.4, -0.2) is 10.9 Å². The third kappa shape index (κ3) is 3.11. The first-order valence-electron chi connectivity index (χ1n) is 6.61. The Bertz CT molecular complexity index is 796. The number of pyridine rings is 1. The topological polar surface area (TPSA) is 42.0 Å². The third-order valence-corrected chi connectivity index (χ3v) is 3.90. The summed E-state index contributed by atoms with van der Waals surface area (Å²) < 4.78 is 0.635. The fraction of sp³-hybridized carbons (Fsp3) is 0.0588. The van der Waals surface area contributed by atoms with Gasteiger partial charge < -0.3 is 5.32 Å². The Morgan fingerprint density at radius 2 is 1.86 bits per heavy atom. The fourth-order valence-electron chi connectivity index (χ4n) is 2.29. The number of nitrogens with zero attached hydrogens (tertiary/aromatic N) is 1. The highest BCUT2D eigenvalue weighted by atomic mass is 79.9. The summed E-state index contributed by atoms with van der Waals surface area (Å²) in [5, 5.41) is 5.13. The first kappa shape index (κ1) is 13.8. The first-order chi connectivity index (χ1) is 10.2. The summed E-state index contributed by atoms with van der Waals surface area (Å²) >= 11 is 3.32. The van der Waals surface area contributed by atoms with Gasteiger partial charge in [-0.3, -0.25) is 4.79 Å². The molecule has 1 N–H and O–H groups in total. The van der Waals surface area contributed by atoms with Crippen LogP contribution in [0.1, 0.15) is 5.56 Å². The highest BCUT2D eigenvalue weighted by molar-refractivity contribution is 9.10. The summed E-state index contributed by atoms with van der Waals surface area (Å²) in [6, 6.07) is 17.7. The van der Waals surface area contributed by atoms with E-state index >= 15 is 0 Å². The number of rotatable bonds is 3. The van der Waals surface area contributed by atoms with Crippen LogP contribution in [0.2, 0.25) is 0 Å². The van der Waals surface area contributed by atoms with Gasteiger partial charge in [-0.25, -0.2) is 4.98 Å². The van der Waals surface area contributed by atoms with Crippen LogP contribution in [0.5, 0.6) is 0 Å². The summed E-state index contributed by atoms with van der Waals surface area (Å²) in [4.78, 5) is 16.3. The number of hydrogen-bond donors (Lipinski definition) is 1. The van der Waals surface area contributed by atoms with Gasteiger partial charge in [0, 0.05) is 6.20 Å². The van der Waals surface area contributed by atoms with Crippen LogP contribution in [0, 0.1) is 0 Å². The summed E-state index contributed by atoms with van der Waals surface area (Å²) in [6.45, 7) is 0. The van der Waals surface area contributed by atoms with E-state index in [2.05, 4.69) is 38.4 Å². The molecule has 0 aliphatic rings. The lowest BCUT2D eigenvalue weighted by molar-refractivity contribution is -0.115. The zero-order chi connectivity index (χ0) is 14.7. The van der Waals surface area contributed by atoms with E-state index in [1.165, 1.54) is 0 Å². The molecule has 0 spiro atoms. The van der Waals surface area contributed by atoms with Crippen LogP contribution >= 0.6 is 15.9 Å². The minimum absolute atomic E-state index is 0.0555. The number of halogens is 1. The van der Waals surface area contributed by atoms with Gasteiger partial charge >= 0.3 is 0 Å². The second kappa shape index (κ2) is 6.06. The number of aromatic nitrogens is 1. The van der Waals surface area contributed by atoms with Gasteiger partial charge in [0.1, 0.15) is 4.60 Å². The second-order valence-electron chi connectivity index (χ2n) is 4.70. The Kier molecular flexibility index (Phi) is 3.97. The average molecular weight is 341 g/mol. The predicted molar refractivity (Wildman–Crippen MR) is 88.2 cm³/mol. The third-order valence-electron chi connectivity index (χ3n) is 3.26. The molecule has 0 fully saturated rings. The fourth-order valence-corrected chi connectivity index (χ4v) is 2.64. The van der Waals surface area contributed by atoms with Gasteiger partial charge in [0.15, 0.2) is 0 Å². The van der Waals surface area contributed by atoms with E-state index in [1.807, 2.05) is 36.4 Å². The molecule has 104 valence electrons. The maximum absolute atomic E-state index is 12.2. The van der Waals surface area contributed by atoms with Crippen LogP contribution in [0.4, 0.5) is 5.69 Å². The molecule has 0 aliphatic carbocycles. The smallest absolute Gasteiger partial charge is 0.228 e. The minimum Gasteiger partial charge on any atom is -0.323 e. The molecule has 0 atom stereocenters. The van der Waals surface area contributed by atoms with E-state index in [1.54, 1.807) is 12.3 Å². The van der Waals surface area contributed by atoms with Crippen molar-refractivity contribution < 1.29 is 4.79 Å². The molecule has 3 rings (SSSR count). The molecule has 21 heavy (non-hydrogen) atoms. The van der Waals surface area contributed by atoms with Crippen LogP contribution in [0.25, 0.3) is 10.8 Å². The second-order valence-corrected chi connectivity index (χ2v) is 5.46. The quantitative estimate of drug-likeness (QED) is 0.726. The number of anilines is 1. The number of benzene rings is 2. The van der Waals surface area contributed by atoms with Crippen LogP contribution in [0.15, 0.2) is 65.4 Å². The van der Waals surface area contributed by atoms with Crippen molar-refractivity contribution in [1.82, 2.24) is 4.98 Å². The summed E-state index contributed by atoms with van der Waals surface area (Å²) in [7, 11) is 0. The van der Waals surface area contributed by atoms with Gasteiger partial charge in [0.2, 0.25) is 5.91 Å². The molecule has 2 aromatic carbocycles. The molecule has 3 nitrogen and oxygen atoms in total. The standard InChI is InChI=1S/C17H13BrN2O/c18-17-15(9-4-10-19-17)20-16(21)11-13-7-3-6-12-5-1-2-8-14(12)13/h1-10H,11H2,(H,20,21). The van der Waals surface area contributed by atoms with Crippen LogP contribution in [0.3, 0.4) is 0 Å². The zero-order valence-electron chi connectivity index (χ0n) is 11.2. The van der Waals surface area contributed by atoms with Gasteiger partial charge in [0.25, 0.3) is 0 Å². The van der Waals surface area contributed by atoms with Gasteiger partial charge in [-0.05, 0) is 44.4 Å². The van der Waals surface area contributed by atoms with E-state index in [9.17, 15) is 4.79 Å². The lowest BCUT2D eigenvalue weighted by Gasteiger charge is -2.08. The van der Waals surface area contributed by atoms with Gasteiger partial charge in [-0.2, -0.15) is 0 Å². The van der Waals surface area contributed by atoms with E-state index in [-0.39, 0.29) is 5.91 Å². The normalized spacial score (nSPS) is 10.5. The summed E-state index contributed by atoms with van der Waals surface area (Å²) in [5.74, 6) is -0.0555. The van der Waals surface area contributed by atoms with Crippen molar-refractivity contribution in [2.75, 3.05) is 5.32 Å². The molecule has 0 unspecified atom stereocenters. The van der Waals surface area contributed by atoms with Crippen molar-refractivity contribution in [1.29, 1.82) is 0 Å². The average Bonchev–Trinajstić information content (AvgIpc) is 2.50.